The van der Waals surface area contributed by atoms with E-state index in [0.717, 1.165) is 47.4 Å². The second kappa shape index (κ2) is 12.3. The topological polar surface area (TPSA) is 117 Å². The van der Waals surface area contributed by atoms with Gasteiger partial charge >= 0.3 is 12.1 Å². The summed E-state index contributed by atoms with van der Waals surface area (Å²) in [6.07, 6.45) is 3.97. The van der Waals surface area contributed by atoms with Crippen molar-refractivity contribution < 1.29 is 23.8 Å². The predicted molar refractivity (Wildman–Crippen MR) is 146 cm³/mol. The Labute approximate surface area is 226 Å². The number of carbonyl (C=O) groups is 2. The van der Waals surface area contributed by atoms with Crippen LogP contribution in [0, 0.1) is 0 Å². The number of nitrogens with zero attached hydrogens (tertiary/aromatic N) is 3. The predicted octanol–water partition coefficient (Wildman–Crippen LogP) is 3.88. The highest BCUT2D eigenvalue weighted by atomic mass is 16.6. The van der Waals surface area contributed by atoms with Crippen molar-refractivity contribution >= 4 is 28.8 Å². The lowest BCUT2D eigenvalue weighted by atomic mass is 10.1. The van der Waals surface area contributed by atoms with Crippen molar-refractivity contribution in [2.75, 3.05) is 25.6 Å². The second-order valence-corrected chi connectivity index (χ2v) is 9.29. The summed E-state index contributed by atoms with van der Waals surface area (Å²) in [5.41, 5.74) is 3.83. The van der Waals surface area contributed by atoms with Gasteiger partial charge in [-0.15, -0.1) is 0 Å². The number of esters is 1. The molecule has 3 heterocycles. The number of hydrogen-bond donors (Lipinski definition) is 2. The lowest BCUT2D eigenvalue weighted by Gasteiger charge is -2.17. The largest absolute Gasteiger partial charge is 0.493 e. The maximum atomic E-state index is 12.3. The van der Waals surface area contributed by atoms with E-state index < -0.39 is 18.1 Å². The molecular formula is C29H31N5O5. The Bertz CT molecular complexity index is 1440. The summed E-state index contributed by atoms with van der Waals surface area (Å²) in [5, 5.41) is 11.3. The van der Waals surface area contributed by atoms with Crippen LogP contribution in [0.3, 0.4) is 0 Å². The molecule has 39 heavy (non-hydrogen) atoms. The van der Waals surface area contributed by atoms with Gasteiger partial charge in [0.25, 0.3) is 0 Å². The minimum absolute atomic E-state index is 0.0794. The van der Waals surface area contributed by atoms with E-state index in [4.69, 9.17) is 19.2 Å². The first-order valence-corrected chi connectivity index (χ1v) is 12.9. The van der Waals surface area contributed by atoms with Crippen molar-refractivity contribution in [3.8, 4) is 5.75 Å². The Hall–Kier alpha value is -4.60. The zero-order valence-corrected chi connectivity index (χ0v) is 21.8. The number of rotatable bonds is 10. The van der Waals surface area contributed by atoms with Crippen LogP contribution < -0.4 is 15.4 Å². The average molecular weight is 530 g/mol. The number of ether oxygens (including phenoxy) is 3. The molecule has 1 aliphatic rings. The van der Waals surface area contributed by atoms with Gasteiger partial charge in [-0.3, -0.25) is 4.68 Å². The molecule has 0 bridgehead atoms. The number of pyridine rings is 1. The maximum Gasteiger partial charge on any atom is 0.408 e. The molecule has 4 aromatic rings. The summed E-state index contributed by atoms with van der Waals surface area (Å²) < 4.78 is 17.7. The highest BCUT2D eigenvalue weighted by Crippen LogP contribution is 2.22. The fourth-order valence-corrected chi connectivity index (χ4v) is 4.44. The summed E-state index contributed by atoms with van der Waals surface area (Å²) in [5.74, 6) is 1.10. The first-order chi connectivity index (χ1) is 19.1. The SMILES string of the molecule is COC(=O)[C@H](Cn1cc2cc(OCCc3ccc4c(n3)NCCC4)ccc2n1)NC(=O)OCc1ccccc1. The number of nitrogens with one attached hydrogen (secondary N) is 2. The minimum Gasteiger partial charge on any atom is -0.493 e. The zero-order valence-electron chi connectivity index (χ0n) is 21.8. The number of methoxy groups -OCH3 is 1. The van der Waals surface area contributed by atoms with Crippen LogP contribution in [-0.2, 0) is 40.3 Å². The van der Waals surface area contributed by atoms with E-state index in [1.165, 1.54) is 12.7 Å². The van der Waals surface area contributed by atoms with Crippen LogP contribution in [-0.4, -0.2) is 53.1 Å². The van der Waals surface area contributed by atoms with Crippen LogP contribution in [0.2, 0.25) is 0 Å². The Morgan fingerprint density at radius 2 is 2.00 bits per heavy atom. The quantitative estimate of drug-likeness (QED) is 0.297. The van der Waals surface area contributed by atoms with Crippen LogP contribution in [0.4, 0.5) is 10.6 Å². The second-order valence-electron chi connectivity index (χ2n) is 9.29. The van der Waals surface area contributed by atoms with Crippen LogP contribution in [0.1, 0.15) is 23.2 Å². The summed E-state index contributed by atoms with van der Waals surface area (Å²) in [6.45, 7) is 1.62. The number of hydrogen-bond acceptors (Lipinski definition) is 8. The van der Waals surface area contributed by atoms with Gasteiger partial charge in [-0.05, 0) is 48.2 Å². The van der Waals surface area contributed by atoms with Gasteiger partial charge in [-0.25, -0.2) is 14.6 Å². The van der Waals surface area contributed by atoms with Crippen LogP contribution >= 0.6 is 0 Å². The first-order valence-electron chi connectivity index (χ1n) is 12.9. The number of fused-ring (bicyclic) bond motifs is 2. The van der Waals surface area contributed by atoms with Crippen molar-refractivity contribution in [2.45, 2.75) is 38.5 Å². The zero-order chi connectivity index (χ0) is 27.0. The lowest BCUT2D eigenvalue weighted by molar-refractivity contribution is -0.143. The number of carbonyl (C=O) groups excluding carboxylic acids is 2. The standard InChI is InChI=1S/C29H31N5O5/c1-37-28(35)26(32-29(36)39-19-20-6-3-2-4-7-20)18-34-17-22-16-24(11-12-25(22)33-34)38-15-13-23-10-9-21-8-5-14-30-27(21)31-23/h2-4,6-7,9-12,16-17,26H,5,8,13-15,18-19H2,1H3,(H,30,31)(H,32,36)/t26-/m0/s1. The third-order valence-electron chi connectivity index (χ3n) is 6.46. The summed E-state index contributed by atoms with van der Waals surface area (Å²) in [7, 11) is 1.27. The smallest absolute Gasteiger partial charge is 0.408 e. The molecule has 2 aromatic heterocycles. The molecule has 0 saturated heterocycles. The van der Waals surface area contributed by atoms with Crippen molar-refractivity contribution in [2.24, 2.45) is 0 Å². The number of anilines is 1. The van der Waals surface area contributed by atoms with E-state index in [9.17, 15) is 9.59 Å². The number of aryl methyl sites for hydroxylation is 1. The normalized spacial score (nSPS) is 13.2. The third-order valence-corrected chi connectivity index (χ3v) is 6.46. The van der Waals surface area contributed by atoms with E-state index in [1.807, 2.05) is 48.5 Å². The molecule has 0 unspecified atom stereocenters. The average Bonchev–Trinajstić information content (AvgIpc) is 3.37. The molecule has 0 saturated carbocycles. The third kappa shape index (κ3) is 6.84. The van der Waals surface area contributed by atoms with Gasteiger partial charge in [0.1, 0.15) is 24.2 Å². The molecular weight excluding hydrogens is 498 g/mol. The molecule has 0 fully saturated rings. The number of alkyl carbamates (subject to hydrolysis) is 1. The fourth-order valence-electron chi connectivity index (χ4n) is 4.44. The molecule has 1 amide bonds. The van der Waals surface area contributed by atoms with Crippen LogP contribution in [0.5, 0.6) is 5.75 Å². The van der Waals surface area contributed by atoms with Gasteiger partial charge in [0.05, 0.1) is 25.8 Å². The van der Waals surface area contributed by atoms with Gasteiger partial charge in [0.2, 0.25) is 0 Å². The van der Waals surface area contributed by atoms with Gasteiger partial charge in [-0.2, -0.15) is 5.10 Å². The molecule has 1 atom stereocenters. The molecule has 5 rings (SSSR count). The van der Waals surface area contributed by atoms with Gasteiger partial charge < -0.3 is 24.8 Å². The minimum atomic E-state index is -0.970. The molecule has 10 nitrogen and oxygen atoms in total. The maximum absolute atomic E-state index is 12.3. The Kier molecular flexibility index (Phi) is 8.20. The van der Waals surface area contributed by atoms with E-state index in [0.29, 0.717) is 18.8 Å². The van der Waals surface area contributed by atoms with E-state index in [-0.39, 0.29) is 13.2 Å². The highest BCUT2D eigenvalue weighted by molar-refractivity contribution is 5.82. The summed E-state index contributed by atoms with van der Waals surface area (Å²) >= 11 is 0. The van der Waals surface area contributed by atoms with Crippen molar-refractivity contribution in [3.63, 3.8) is 0 Å². The Balaban J connectivity index is 1.17. The number of aromatic nitrogens is 3. The Morgan fingerprint density at radius 3 is 2.85 bits per heavy atom. The van der Waals surface area contributed by atoms with Crippen molar-refractivity contribution in [1.29, 1.82) is 0 Å². The van der Waals surface area contributed by atoms with E-state index in [1.54, 1.807) is 10.9 Å². The molecule has 2 aromatic carbocycles. The van der Waals surface area contributed by atoms with Gasteiger partial charge in [0.15, 0.2) is 0 Å². The summed E-state index contributed by atoms with van der Waals surface area (Å²) in [6, 6.07) is 18.1. The molecule has 202 valence electrons. The molecule has 0 aliphatic carbocycles. The Morgan fingerprint density at radius 1 is 1.13 bits per heavy atom. The fraction of sp³-hybridized carbons (Fsp3) is 0.310. The highest BCUT2D eigenvalue weighted by Gasteiger charge is 2.23. The van der Waals surface area contributed by atoms with Crippen molar-refractivity contribution in [1.82, 2.24) is 20.1 Å². The van der Waals surface area contributed by atoms with E-state index >= 15 is 0 Å². The first kappa shape index (κ1) is 26.0. The number of benzene rings is 2. The molecule has 0 radical (unpaired) electrons. The van der Waals surface area contributed by atoms with Gasteiger partial charge in [-0.1, -0.05) is 36.4 Å². The van der Waals surface area contributed by atoms with Crippen molar-refractivity contribution in [3.05, 3.63) is 83.7 Å². The van der Waals surface area contributed by atoms with Crippen LogP contribution in [0.25, 0.3) is 10.9 Å². The lowest BCUT2D eigenvalue weighted by Crippen LogP contribution is -2.44. The van der Waals surface area contributed by atoms with E-state index in [2.05, 4.69) is 27.9 Å². The molecule has 10 heteroatoms. The van der Waals surface area contributed by atoms with Crippen LogP contribution in [0.15, 0.2) is 66.9 Å². The molecule has 1 aliphatic heterocycles. The molecule has 0 spiro atoms. The molecule has 2 N–H and O–H groups in total. The number of amides is 1. The van der Waals surface area contributed by atoms with Gasteiger partial charge in [0, 0.05) is 30.2 Å². The monoisotopic (exact) mass is 529 g/mol. The summed E-state index contributed by atoms with van der Waals surface area (Å²) in [4.78, 5) is 29.4.